The van der Waals surface area contributed by atoms with E-state index in [2.05, 4.69) is 10.6 Å². The zero-order valence-electron chi connectivity index (χ0n) is 17.8. The molecule has 2 unspecified atom stereocenters. The Morgan fingerprint density at radius 1 is 1.16 bits per heavy atom. The second kappa shape index (κ2) is 7.85. The molecular weight excluding hydrogens is 410 g/mol. The molecule has 32 heavy (non-hydrogen) atoms. The predicted molar refractivity (Wildman–Crippen MR) is 115 cm³/mol. The van der Waals surface area contributed by atoms with Gasteiger partial charge in [-0.25, -0.2) is 4.79 Å². The number of amides is 4. The number of carbonyl (C=O) groups excluding carboxylic acids is 3. The van der Waals surface area contributed by atoms with Gasteiger partial charge in [-0.15, -0.1) is 0 Å². The number of nitrogens with one attached hydrogen (secondary N) is 2. The molecule has 0 aromatic heterocycles. The van der Waals surface area contributed by atoms with Crippen molar-refractivity contribution in [2.24, 2.45) is 0 Å². The average molecular weight is 435 g/mol. The summed E-state index contributed by atoms with van der Waals surface area (Å²) in [6, 6.07) is 12.3. The van der Waals surface area contributed by atoms with Crippen molar-refractivity contribution in [1.82, 2.24) is 15.5 Å². The van der Waals surface area contributed by atoms with E-state index in [0.717, 1.165) is 28.0 Å². The fourth-order valence-electron chi connectivity index (χ4n) is 4.70. The number of aryl methyl sites for hydroxylation is 1. The minimum Gasteiger partial charge on any atom is -0.490 e. The van der Waals surface area contributed by atoms with E-state index >= 15 is 0 Å². The van der Waals surface area contributed by atoms with Crippen LogP contribution in [0, 0.1) is 0 Å². The van der Waals surface area contributed by atoms with Crippen LogP contribution in [-0.2, 0) is 21.5 Å². The van der Waals surface area contributed by atoms with Crippen molar-refractivity contribution in [3.63, 3.8) is 0 Å². The largest absolute Gasteiger partial charge is 0.490 e. The number of fused-ring (bicyclic) bond motifs is 3. The number of imide groups is 1. The number of benzene rings is 2. The molecule has 2 aromatic rings. The maximum absolute atomic E-state index is 13.2. The smallest absolute Gasteiger partial charge is 0.325 e. The molecule has 2 heterocycles. The topological polar surface area (TPSA) is 97.0 Å². The van der Waals surface area contributed by atoms with Gasteiger partial charge in [-0.1, -0.05) is 30.3 Å². The molecule has 8 nitrogen and oxygen atoms in total. The Kier molecular flexibility index (Phi) is 5.00. The lowest BCUT2D eigenvalue weighted by Crippen LogP contribution is -2.44. The first-order valence-corrected chi connectivity index (χ1v) is 10.9. The van der Waals surface area contributed by atoms with Crippen molar-refractivity contribution < 1.29 is 23.9 Å². The lowest BCUT2D eigenvalue weighted by atomic mass is 9.92. The van der Waals surface area contributed by atoms with Crippen LogP contribution in [0.4, 0.5) is 4.79 Å². The van der Waals surface area contributed by atoms with Crippen LogP contribution in [0.1, 0.15) is 42.5 Å². The molecule has 1 spiro atoms. The number of urea groups is 1. The lowest BCUT2D eigenvalue weighted by Gasteiger charge is -2.22. The molecule has 2 aromatic carbocycles. The molecule has 2 aliphatic heterocycles. The van der Waals surface area contributed by atoms with Crippen molar-refractivity contribution in [3.8, 4) is 11.5 Å². The van der Waals surface area contributed by atoms with E-state index in [-0.39, 0.29) is 18.5 Å². The van der Waals surface area contributed by atoms with E-state index in [0.29, 0.717) is 37.6 Å². The normalized spacial score (nSPS) is 22.3. The summed E-state index contributed by atoms with van der Waals surface area (Å²) < 4.78 is 11.4. The Hall–Kier alpha value is -3.55. The summed E-state index contributed by atoms with van der Waals surface area (Å²) >= 11 is 0. The highest BCUT2D eigenvalue weighted by atomic mass is 16.5. The highest BCUT2D eigenvalue weighted by molar-refractivity contribution is 6.09. The highest BCUT2D eigenvalue weighted by Gasteiger charge is 2.55. The molecule has 8 heteroatoms. The maximum atomic E-state index is 13.2. The maximum Gasteiger partial charge on any atom is 0.325 e. The van der Waals surface area contributed by atoms with E-state index in [1.54, 1.807) is 0 Å². The molecule has 5 rings (SSSR count). The van der Waals surface area contributed by atoms with Gasteiger partial charge in [-0.2, -0.15) is 0 Å². The first kappa shape index (κ1) is 20.4. The Bertz CT molecular complexity index is 1100. The van der Waals surface area contributed by atoms with Gasteiger partial charge in [-0.05, 0) is 48.6 Å². The van der Waals surface area contributed by atoms with E-state index in [4.69, 9.17) is 9.47 Å². The number of nitrogens with zero attached hydrogens (tertiary/aromatic N) is 1. The van der Waals surface area contributed by atoms with Gasteiger partial charge in [0.2, 0.25) is 5.91 Å². The first-order valence-electron chi connectivity index (χ1n) is 10.9. The molecule has 0 radical (unpaired) electrons. The number of carbonyl (C=O) groups is 3. The van der Waals surface area contributed by atoms with Gasteiger partial charge in [0.05, 0.1) is 19.3 Å². The summed E-state index contributed by atoms with van der Waals surface area (Å²) in [5.74, 6) is 0.561. The van der Waals surface area contributed by atoms with E-state index in [1.165, 1.54) is 0 Å². The van der Waals surface area contributed by atoms with Crippen molar-refractivity contribution in [3.05, 3.63) is 59.2 Å². The minimum absolute atomic E-state index is 0.330. The Morgan fingerprint density at radius 3 is 2.78 bits per heavy atom. The number of ether oxygens (including phenoxy) is 2. The van der Waals surface area contributed by atoms with Crippen LogP contribution in [0.3, 0.4) is 0 Å². The fourth-order valence-corrected chi connectivity index (χ4v) is 4.70. The van der Waals surface area contributed by atoms with E-state index < -0.39 is 17.5 Å². The van der Waals surface area contributed by atoms with Crippen molar-refractivity contribution in [2.45, 2.75) is 37.8 Å². The second-order valence-corrected chi connectivity index (χ2v) is 8.43. The molecule has 0 bridgehead atoms. The summed E-state index contributed by atoms with van der Waals surface area (Å²) in [4.78, 5) is 39.6. The van der Waals surface area contributed by atoms with E-state index in [9.17, 15) is 14.4 Å². The zero-order chi connectivity index (χ0) is 22.3. The van der Waals surface area contributed by atoms with Gasteiger partial charge in [0, 0.05) is 6.42 Å². The highest BCUT2D eigenvalue weighted by Crippen LogP contribution is 2.41. The third kappa shape index (κ3) is 3.36. The van der Waals surface area contributed by atoms with Gasteiger partial charge < -0.3 is 20.1 Å². The quantitative estimate of drug-likeness (QED) is 0.719. The number of hydrogen-bond acceptors (Lipinski definition) is 5. The first-order chi connectivity index (χ1) is 15.5. The molecule has 1 fully saturated rings. The fraction of sp³-hybridized carbons (Fsp3) is 0.375. The molecule has 4 amide bonds. The molecule has 3 aliphatic rings. The molecule has 2 atom stereocenters. The van der Waals surface area contributed by atoms with Crippen molar-refractivity contribution in [2.75, 3.05) is 19.8 Å². The lowest BCUT2D eigenvalue weighted by molar-refractivity contribution is -0.135. The third-order valence-electron chi connectivity index (χ3n) is 6.37. The van der Waals surface area contributed by atoms with Gasteiger partial charge in [0.1, 0.15) is 12.1 Å². The summed E-state index contributed by atoms with van der Waals surface area (Å²) in [5.41, 5.74) is 1.66. The molecule has 0 saturated carbocycles. The zero-order valence-corrected chi connectivity index (χ0v) is 17.8. The summed E-state index contributed by atoms with van der Waals surface area (Å²) in [5, 5.41) is 5.72. The Labute approximate surface area is 185 Å². The third-order valence-corrected chi connectivity index (χ3v) is 6.37. The summed E-state index contributed by atoms with van der Waals surface area (Å²) in [6.07, 6.45) is 2.03. The molecule has 2 N–H and O–H groups in total. The number of rotatable bonds is 4. The minimum atomic E-state index is -1.06. The van der Waals surface area contributed by atoms with Gasteiger partial charge >= 0.3 is 6.03 Å². The van der Waals surface area contributed by atoms with Crippen LogP contribution in [-0.4, -0.2) is 42.5 Å². The van der Waals surface area contributed by atoms with Gasteiger partial charge in [0.15, 0.2) is 11.5 Å². The van der Waals surface area contributed by atoms with Crippen LogP contribution in [0.15, 0.2) is 42.5 Å². The van der Waals surface area contributed by atoms with Crippen LogP contribution >= 0.6 is 0 Å². The van der Waals surface area contributed by atoms with Crippen LogP contribution < -0.4 is 20.1 Å². The molecule has 1 saturated heterocycles. The van der Waals surface area contributed by atoms with Gasteiger partial charge in [-0.3, -0.25) is 14.5 Å². The summed E-state index contributed by atoms with van der Waals surface area (Å²) in [6.45, 7) is 2.70. The molecule has 1 aliphatic carbocycles. The van der Waals surface area contributed by atoms with Crippen LogP contribution in [0.5, 0.6) is 11.5 Å². The Balaban J connectivity index is 1.27. The van der Waals surface area contributed by atoms with Gasteiger partial charge in [0.25, 0.3) is 5.91 Å². The SMILES string of the molecule is CC(NC(=O)CN1C(=O)NC2(CCc3ccccc32)C1=O)c1ccc2c(c1)OCCCO2. The van der Waals surface area contributed by atoms with Crippen LogP contribution in [0.2, 0.25) is 0 Å². The van der Waals surface area contributed by atoms with Crippen LogP contribution in [0.25, 0.3) is 0 Å². The van der Waals surface area contributed by atoms with Crippen molar-refractivity contribution >= 4 is 17.8 Å². The Morgan fingerprint density at radius 2 is 1.94 bits per heavy atom. The molecular formula is C24H25N3O5. The standard InChI is InChI=1S/C24H25N3O5/c1-15(17-7-8-19-20(13-17)32-12-4-11-31-19)25-21(28)14-27-22(29)24(26-23(27)30)10-9-16-5-2-3-6-18(16)24/h2-3,5-8,13,15H,4,9-12,14H2,1H3,(H,25,28)(H,26,30). The summed E-state index contributed by atoms with van der Waals surface area (Å²) in [7, 11) is 0. The number of hydrogen-bond donors (Lipinski definition) is 2. The predicted octanol–water partition coefficient (Wildman–Crippen LogP) is 2.42. The van der Waals surface area contributed by atoms with Crippen molar-refractivity contribution in [1.29, 1.82) is 0 Å². The monoisotopic (exact) mass is 435 g/mol. The molecule has 166 valence electrons. The second-order valence-electron chi connectivity index (χ2n) is 8.43. The van der Waals surface area contributed by atoms with E-state index in [1.807, 2.05) is 49.4 Å². The average Bonchev–Trinajstić information content (AvgIpc) is 3.14.